The van der Waals surface area contributed by atoms with Gasteiger partial charge in [0.15, 0.2) is 0 Å². The Bertz CT molecular complexity index is 882. The Balaban J connectivity index is 1.36. The van der Waals surface area contributed by atoms with Crippen molar-refractivity contribution in [3.05, 3.63) is 52.1 Å². The number of nitrogens with zero attached hydrogens (tertiary/aromatic N) is 2. The van der Waals surface area contributed by atoms with E-state index in [-0.39, 0.29) is 17.7 Å². The summed E-state index contributed by atoms with van der Waals surface area (Å²) in [6.45, 7) is 3.52. The maximum absolute atomic E-state index is 12.4. The van der Waals surface area contributed by atoms with Crippen molar-refractivity contribution in [2.24, 2.45) is 5.92 Å². The molecule has 1 aliphatic rings. The minimum Gasteiger partial charge on any atom is -0.492 e. The van der Waals surface area contributed by atoms with Crippen LogP contribution in [0.1, 0.15) is 31.2 Å². The van der Waals surface area contributed by atoms with E-state index in [4.69, 9.17) is 27.9 Å². The van der Waals surface area contributed by atoms with E-state index >= 15 is 0 Å². The van der Waals surface area contributed by atoms with E-state index in [1.807, 2.05) is 17.9 Å². The Morgan fingerprint density at radius 1 is 1.20 bits per heavy atom. The molecule has 0 aliphatic carbocycles. The predicted octanol–water partition coefficient (Wildman–Crippen LogP) is 4.73. The van der Waals surface area contributed by atoms with Crippen molar-refractivity contribution in [1.82, 2.24) is 9.88 Å². The normalized spacial score (nSPS) is 14.4. The van der Waals surface area contributed by atoms with Crippen molar-refractivity contribution in [3.8, 4) is 5.75 Å². The molecule has 2 aromatic rings. The summed E-state index contributed by atoms with van der Waals surface area (Å²) < 4.78 is 5.62. The molecule has 1 aliphatic heterocycles. The molecular formula is C22H25Cl2N3O3. The smallest absolute Gasteiger partial charge is 0.228 e. The molecule has 0 unspecified atom stereocenters. The number of carbonyl (C=O) groups excluding carboxylic acids is 2. The second kappa shape index (κ2) is 10.6. The van der Waals surface area contributed by atoms with Gasteiger partial charge in [-0.3, -0.25) is 9.59 Å². The Labute approximate surface area is 186 Å². The lowest BCUT2D eigenvalue weighted by atomic mass is 9.95. The van der Waals surface area contributed by atoms with E-state index in [1.54, 1.807) is 30.5 Å². The number of anilines is 1. The van der Waals surface area contributed by atoms with E-state index in [2.05, 4.69) is 10.3 Å². The van der Waals surface area contributed by atoms with Gasteiger partial charge in [0.25, 0.3) is 0 Å². The molecule has 1 saturated heterocycles. The number of aromatic nitrogens is 1. The summed E-state index contributed by atoms with van der Waals surface area (Å²) in [7, 11) is 0. The van der Waals surface area contributed by atoms with Crippen molar-refractivity contribution in [2.45, 2.75) is 32.6 Å². The molecule has 30 heavy (non-hydrogen) atoms. The molecule has 1 N–H and O–H groups in total. The third kappa shape index (κ3) is 6.34. The number of ether oxygens (including phenoxy) is 1. The highest BCUT2D eigenvalue weighted by Crippen LogP contribution is 2.27. The van der Waals surface area contributed by atoms with Gasteiger partial charge >= 0.3 is 0 Å². The first-order valence-corrected chi connectivity index (χ1v) is 10.8. The lowest BCUT2D eigenvalue weighted by molar-refractivity contribution is -0.134. The van der Waals surface area contributed by atoms with Crippen molar-refractivity contribution in [2.75, 3.05) is 25.0 Å². The third-order valence-electron chi connectivity index (χ3n) is 5.07. The largest absolute Gasteiger partial charge is 0.492 e. The highest BCUT2D eigenvalue weighted by Gasteiger charge is 2.27. The number of benzene rings is 1. The number of carbonyl (C=O) groups is 2. The fourth-order valence-electron chi connectivity index (χ4n) is 3.32. The highest BCUT2D eigenvalue weighted by atomic mass is 35.5. The van der Waals surface area contributed by atoms with Crippen LogP contribution in [-0.2, 0) is 9.59 Å². The monoisotopic (exact) mass is 449 g/mol. The molecule has 2 amide bonds. The number of likely N-dealkylation sites (tertiary alicyclic amines) is 1. The average molecular weight is 450 g/mol. The molecule has 3 rings (SSSR count). The number of halogens is 2. The average Bonchev–Trinajstić information content (AvgIpc) is 2.74. The summed E-state index contributed by atoms with van der Waals surface area (Å²) in [6, 6.07) is 8.76. The first-order valence-electron chi connectivity index (χ1n) is 10.0. The summed E-state index contributed by atoms with van der Waals surface area (Å²) in [5.41, 5.74) is 1.04. The number of hydrogen-bond donors (Lipinski definition) is 1. The minimum absolute atomic E-state index is 0.0355. The highest BCUT2D eigenvalue weighted by molar-refractivity contribution is 6.35. The van der Waals surface area contributed by atoms with Gasteiger partial charge < -0.3 is 15.0 Å². The SMILES string of the molecule is Cc1ccc(NC(=O)C2CCN(C(=O)CCCOc3ccc(Cl)cc3Cl)CC2)nc1. The van der Waals surface area contributed by atoms with E-state index in [0.717, 1.165) is 5.56 Å². The van der Waals surface area contributed by atoms with Gasteiger partial charge in [0.2, 0.25) is 11.8 Å². The summed E-state index contributed by atoms with van der Waals surface area (Å²) in [4.78, 5) is 30.9. The van der Waals surface area contributed by atoms with Gasteiger partial charge in [-0.25, -0.2) is 4.98 Å². The van der Waals surface area contributed by atoms with Crippen LogP contribution in [0.3, 0.4) is 0 Å². The van der Waals surface area contributed by atoms with Crippen LogP contribution in [0.25, 0.3) is 0 Å². The quantitative estimate of drug-likeness (QED) is 0.619. The number of pyridine rings is 1. The van der Waals surface area contributed by atoms with Crippen molar-refractivity contribution in [1.29, 1.82) is 0 Å². The molecule has 2 heterocycles. The maximum Gasteiger partial charge on any atom is 0.228 e. The lowest BCUT2D eigenvalue weighted by Crippen LogP contribution is -2.41. The fourth-order valence-corrected chi connectivity index (χ4v) is 3.78. The first kappa shape index (κ1) is 22.4. The Morgan fingerprint density at radius 2 is 1.97 bits per heavy atom. The van der Waals surface area contributed by atoms with Gasteiger partial charge in [0, 0.05) is 36.6 Å². The number of rotatable bonds is 7. The zero-order chi connectivity index (χ0) is 21.5. The summed E-state index contributed by atoms with van der Waals surface area (Å²) in [5.74, 6) is 1.06. The van der Waals surface area contributed by atoms with Crippen LogP contribution in [0.4, 0.5) is 5.82 Å². The summed E-state index contributed by atoms with van der Waals surface area (Å²) >= 11 is 11.9. The van der Waals surface area contributed by atoms with E-state index in [0.29, 0.717) is 67.0 Å². The second-order valence-electron chi connectivity index (χ2n) is 7.39. The molecule has 0 spiro atoms. The third-order valence-corrected chi connectivity index (χ3v) is 5.60. The van der Waals surface area contributed by atoms with Gasteiger partial charge in [-0.05, 0) is 56.0 Å². The van der Waals surface area contributed by atoms with Crippen molar-refractivity contribution >= 4 is 40.8 Å². The molecule has 1 aromatic carbocycles. The number of hydrogen-bond acceptors (Lipinski definition) is 4. The topological polar surface area (TPSA) is 71.5 Å². The molecule has 0 saturated carbocycles. The number of piperidine rings is 1. The van der Waals surface area contributed by atoms with Crippen LogP contribution in [0.15, 0.2) is 36.5 Å². The van der Waals surface area contributed by atoms with Crippen LogP contribution in [0.2, 0.25) is 10.0 Å². The minimum atomic E-state index is -0.104. The predicted molar refractivity (Wildman–Crippen MR) is 118 cm³/mol. The van der Waals surface area contributed by atoms with E-state index in [9.17, 15) is 9.59 Å². The van der Waals surface area contributed by atoms with Crippen LogP contribution in [-0.4, -0.2) is 41.4 Å². The Hall–Kier alpha value is -2.31. The zero-order valence-electron chi connectivity index (χ0n) is 16.9. The molecule has 0 radical (unpaired) electrons. The van der Waals surface area contributed by atoms with Gasteiger partial charge in [0.05, 0.1) is 11.6 Å². The molecule has 160 valence electrons. The molecule has 6 nitrogen and oxygen atoms in total. The van der Waals surface area contributed by atoms with Crippen LogP contribution >= 0.6 is 23.2 Å². The lowest BCUT2D eigenvalue weighted by Gasteiger charge is -2.31. The second-order valence-corrected chi connectivity index (χ2v) is 8.24. The van der Waals surface area contributed by atoms with Gasteiger partial charge in [-0.2, -0.15) is 0 Å². The van der Waals surface area contributed by atoms with Crippen LogP contribution < -0.4 is 10.1 Å². The van der Waals surface area contributed by atoms with E-state index < -0.39 is 0 Å². The molecule has 8 heteroatoms. The van der Waals surface area contributed by atoms with Crippen molar-refractivity contribution in [3.63, 3.8) is 0 Å². The summed E-state index contributed by atoms with van der Waals surface area (Å²) in [6.07, 6.45) is 4.02. The molecule has 0 bridgehead atoms. The standard InChI is InChI=1S/C22H25Cl2N3O3/c1-15-4-7-20(25-14-15)26-22(29)16-8-10-27(11-9-16)21(28)3-2-12-30-19-6-5-17(23)13-18(19)24/h4-7,13-14,16H,2-3,8-12H2,1H3,(H,25,26,29). The van der Waals surface area contributed by atoms with Gasteiger partial charge in [-0.1, -0.05) is 29.3 Å². The van der Waals surface area contributed by atoms with E-state index in [1.165, 1.54) is 0 Å². The summed E-state index contributed by atoms with van der Waals surface area (Å²) in [5, 5.41) is 3.86. The Morgan fingerprint density at radius 3 is 2.63 bits per heavy atom. The van der Waals surface area contributed by atoms with Gasteiger partial charge in [0.1, 0.15) is 11.6 Å². The fraction of sp³-hybridized carbons (Fsp3) is 0.409. The Kier molecular flexibility index (Phi) is 7.94. The molecule has 1 fully saturated rings. The number of amides is 2. The zero-order valence-corrected chi connectivity index (χ0v) is 18.4. The molecule has 0 atom stereocenters. The van der Waals surface area contributed by atoms with Crippen LogP contribution in [0, 0.1) is 12.8 Å². The maximum atomic E-state index is 12.4. The van der Waals surface area contributed by atoms with Crippen LogP contribution in [0.5, 0.6) is 5.75 Å². The molecular weight excluding hydrogens is 425 g/mol. The van der Waals surface area contributed by atoms with Crippen molar-refractivity contribution < 1.29 is 14.3 Å². The first-order chi connectivity index (χ1) is 14.4. The molecule has 1 aromatic heterocycles. The van der Waals surface area contributed by atoms with Gasteiger partial charge in [-0.15, -0.1) is 0 Å². The number of aryl methyl sites for hydroxylation is 1. The number of nitrogens with one attached hydrogen (secondary N) is 1.